The standard InChI is InChI=1S/2C3H8.8CH4.2CH3.Y/c2*1-3-2;;;;;;;;;;;/h2*3H2,1-2H3;8*1H4;2*1H3;/q;;;;;;;;;;2*-1;. The Bertz CT molecular complexity index is 7.49. The first-order valence-corrected chi connectivity index (χ1v) is 2.83. The van der Waals surface area contributed by atoms with Gasteiger partial charge in [0.15, 0.2) is 0 Å². The van der Waals surface area contributed by atoms with Crippen molar-refractivity contribution in [2.75, 3.05) is 0 Å². The van der Waals surface area contributed by atoms with E-state index in [1.807, 2.05) is 0 Å². The summed E-state index contributed by atoms with van der Waals surface area (Å²) in [6.07, 6.45) is 2.50. The number of rotatable bonds is 0. The van der Waals surface area contributed by atoms with Gasteiger partial charge in [0.05, 0.1) is 0 Å². The van der Waals surface area contributed by atoms with Crippen LogP contribution in [0.15, 0.2) is 0 Å². The van der Waals surface area contributed by atoms with Crippen molar-refractivity contribution in [2.45, 2.75) is 99.9 Å². The maximum absolute atomic E-state index is 2.12. The molecule has 0 saturated carbocycles. The van der Waals surface area contributed by atoms with Crippen LogP contribution in [-0.2, 0) is 32.7 Å². The quantitative estimate of drug-likeness (QED) is 0.388. The van der Waals surface area contributed by atoms with Gasteiger partial charge in [-0.3, -0.25) is 0 Å². The zero-order valence-corrected chi connectivity index (χ0v) is 10.8. The molecule has 0 aromatic heterocycles. The van der Waals surface area contributed by atoms with Crippen LogP contribution in [-0.4, -0.2) is 0 Å². The molecule has 17 heavy (non-hydrogen) atoms. The molecule has 0 amide bonds. The van der Waals surface area contributed by atoms with Gasteiger partial charge in [0, 0.05) is 32.7 Å². The second-order valence-corrected chi connectivity index (χ2v) is 1.41. The fraction of sp³-hybridized carbons (Fsp3) is 0.875. The largest absolute Gasteiger partial charge is 0.358 e. The van der Waals surface area contributed by atoms with E-state index in [-0.39, 0.29) is 107 Å². The van der Waals surface area contributed by atoms with Crippen molar-refractivity contribution in [3.63, 3.8) is 0 Å². The van der Waals surface area contributed by atoms with Gasteiger partial charge < -0.3 is 14.9 Å². The normalized spacial score (nSPS) is 2.12. The van der Waals surface area contributed by atoms with Crippen molar-refractivity contribution >= 4 is 0 Å². The molecule has 0 aliphatic rings. The molecule has 0 unspecified atom stereocenters. The van der Waals surface area contributed by atoms with Gasteiger partial charge in [0.25, 0.3) is 0 Å². The molecule has 0 fully saturated rings. The molecule has 0 aromatic rings. The maximum atomic E-state index is 2.12. The Morgan fingerprint density at radius 3 is 0.412 bits per heavy atom. The summed E-state index contributed by atoms with van der Waals surface area (Å²) >= 11 is 0. The molecule has 0 aromatic carbocycles. The monoisotopic (exact) mass is 335 g/mol. The Hall–Kier alpha value is 1.10. The summed E-state index contributed by atoms with van der Waals surface area (Å²) in [5, 5.41) is 0. The van der Waals surface area contributed by atoms with Crippen LogP contribution in [0.5, 0.6) is 0 Å². The predicted molar refractivity (Wildman–Crippen MR) is 98.6 cm³/mol. The van der Waals surface area contributed by atoms with E-state index in [2.05, 4.69) is 27.7 Å². The van der Waals surface area contributed by atoms with Gasteiger partial charge in [-0.15, -0.1) is 0 Å². The third-order valence-corrected chi connectivity index (χ3v) is 0. The molecule has 0 rings (SSSR count). The minimum absolute atomic E-state index is 0. The van der Waals surface area contributed by atoms with Crippen molar-refractivity contribution in [3.8, 4) is 0 Å². The molecule has 0 heterocycles. The molecular weight excluding hydrogens is 281 g/mol. The summed E-state index contributed by atoms with van der Waals surface area (Å²) in [5.41, 5.74) is 0. The first-order valence-electron chi connectivity index (χ1n) is 2.83. The third-order valence-electron chi connectivity index (χ3n) is 0. The number of hydrogen-bond donors (Lipinski definition) is 0. The van der Waals surface area contributed by atoms with Crippen LogP contribution < -0.4 is 0 Å². The van der Waals surface area contributed by atoms with Gasteiger partial charge in [-0.05, 0) is 0 Å². The Labute approximate surface area is 147 Å². The maximum Gasteiger partial charge on any atom is 0 e. The average Bonchev–Trinajstić information content (AvgIpc) is 1.39. The van der Waals surface area contributed by atoms with Crippen LogP contribution in [0.2, 0.25) is 0 Å². The third kappa shape index (κ3) is 3200. The van der Waals surface area contributed by atoms with Gasteiger partial charge in [0.1, 0.15) is 0 Å². The van der Waals surface area contributed by atoms with Gasteiger partial charge in [-0.2, -0.15) is 0 Å². The van der Waals surface area contributed by atoms with Crippen LogP contribution in [0, 0.1) is 14.9 Å². The Morgan fingerprint density at radius 1 is 0.412 bits per heavy atom. The van der Waals surface area contributed by atoms with Gasteiger partial charge >= 0.3 is 0 Å². The Morgan fingerprint density at radius 2 is 0.412 bits per heavy atom. The predicted octanol–water partition coefficient (Wildman–Crippen LogP) is 8.82. The van der Waals surface area contributed by atoms with Crippen LogP contribution in [0.4, 0.5) is 0 Å². The fourth-order valence-corrected chi connectivity index (χ4v) is 0. The van der Waals surface area contributed by atoms with E-state index >= 15 is 0 Å². The van der Waals surface area contributed by atoms with Crippen LogP contribution in [0.25, 0.3) is 0 Å². The van der Waals surface area contributed by atoms with E-state index in [9.17, 15) is 0 Å². The van der Waals surface area contributed by atoms with Crippen LogP contribution >= 0.6 is 0 Å². The average molecular weight is 336 g/mol. The second-order valence-electron chi connectivity index (χ2n) is 1.41. The molecular formula is C16H54Y-2. The summed E-state index contributed by atoms with van der Waals surface area (Å²) in [6, 6.07) is 0. The van der Waals surface area contributed by atoms with Crippen molar-refractivity contribution in [3.05, 3.63) is 14.9 Å². The SMILES string of the molecule is C.C.C.C.C.C.C.C.CCC.CCC.[CH3-].[CH3-].[Y]. The molecule has 1 heteroatoms. The molecule has 0 spiro atoms. The smallest absolute Gasteiger partial charge is 0 e. The van der Waals surface area contributed by atoms with Crippen molar-refractivity contribution < 1.29 is 32.7 Å². The molecule has 0 saturated heterocycles. The molecule has 0 bridgehead atoms. The first-order chi connectivity index (χ1) is 2.83. The van der Waals surface area contributed by atoms with Crippen molar-refractivity contribution in [1.82, 2.24) is 0 Å². The minimum Gasteiger partial charge on any atom is -0.358 e. The fourth-order valence-electron chi connectivity index (χ4n) is 0. The minimum atomic E-state index is 0. The van der Waals surface area contributed by atoms with Gasteiger partial charge in [-0.25, -0.2) is 0 Å². The Kier molecular flexibility index (Phi) is 5510. The molecule has 0 aliphatic carbocycles. The summed E-state index contributed by atoms with van der Waals surface area (Å²) in [7, 11) is 0. The summed E-state index contributed by atoms with van der Waals surface area (Å²) in [4.78, 5) is 0. The van der Waals surface area contributed by atoms with Gasteiger partial charge in [-0.1, -0.05) is 99.9 Å². The summed E-state index contributed by atoms with van der Waals surface area (Å²) in [5.74, 6) is 0. The topological polar surface area (TPSA) is 0 Å². The van der Waals surface area contributed by atoms with Crippen LogP contribution in [0.1, 0.15) is 99.9 Å². The molecule has 0 N–H and O–H groups in total. The van der Waals surface area contributed by atoms with E-state index < -0.39 is 0 Å². The van der Waals surface area contributed by atoms with Crippen LogP contribution in [0.3, 0.4) is 0 Å². The number of hydrogen-bond acceptors (Lipinski definition) is 0. The van der Waals surface area contributed by atoms with Gasteiger partial charge in [0.2, 0.25) is 0 Å². The molecule has 123 valence electrons. The summed E-state index contributed by atoms with van der Waals surface area (Å²) < 4.78 is 0. The molecule has 0 nitrogen and oxygen atoms in total. The van der Waals surface area contributed by atoms with Crippen molar-refractivity contribution in [2.24, 2.45) is 0 Å². The van der Waals surface area contributed by atoms with E-state index in [4.69, 9.17) is 0 Å². The van der Waals surface area contributed by atoms with E-state index in [0.29, 0.717) is 0 Å². The molecule has 1 radical (unpaired) electrons. The molecule has 0 aliphatic heterocycles. The van der Waals surface area contributed by atoms with E-state index in [1.165, 1.54) is 12.8 Å². The summed E-state index contributed by atoms with van der Waals surface area (Å²) in [6.45, 7) is 8.50. The van der Waals surface area contributed by atoms with Crippen molar-refractivity contribution in [1.29, 1.82) is 0 Å². The van der Waals surface area contributed by atoms with E-state index in [1.54, 1.807) is 0 Å². The zero-order chi connectivity index (χ0) is 5.41. The zero-order valence-electron chi connectivity index (χ0n) is 7.99. The first kappa shape index (κ1) is 203. The molecule has 0 atom stereocenters. The van der Waals surface area contributed by atoms with E-state index in [0.717, 1.165) is 0 Å². The Balaban J connectivity index is -0.00000000104. The second kappa shape index (κ2) is 460.